The first-order chi connectivity index (χ1) is 8.72. The average Bonchev–Trinajstić information content (AvgIpc) is 2.33. The van der Waals surface area contributed by atoms with Gasteiger partial charge in [0.1, 0.15) is 0 Å². The highest BCUT2D eigenvalue weighted by Crippen LogP contribution is 2.48. The summed E-state index contributed by atoms with van der Waals surface area (Å²) in [7, 11) is 1.75. The van der Waals surface area contributed by atoms with Crippen LogP contribution < -0.4 is 11.1 Å². The van der Waals surface area contributed by atoms with Gasteiger partial charge in [0, 0.05) is 18.6 Å². The summed E-state index contributed by atoms with van der Waals surface area (Å²) >= 11 is 0. The smallest absolute Gasteiger partial charge is 0.237 e. The highest BCUT2D eigenvalue weighted by molar-refractivity contribution is 5.85. The molecule has 20 heavy (non-hydrogen) atoms. The molecule has 0 aromatic rings. The standard InChI is InChI=1S/C15H30N2O2.ClH/c1-7-15(8-2)10(9-11(15)19-6)17-13(18)12(16)14(3,4)5;/h10-12H,7-9,16H2,1-6H3,(H,17,18);1H/t10?,11?,12-;/m1./s1. The van der Waals surface area contributed by atoms with Gasteiger partial charge in [0.15, 0.2) is 0 Å². The van der Waals surface area contributed by atoms with Crippen LogP contribution in [-0.4, -0.2) is 31.2 Å². The Morgan fingerprint density at radius 1 is 1.40 bits per heavy atom. The molecule has 5 heteroatoms. The molecule has 0 radical (unpaired) electrons. The van der Waals surface area contributed by atoms with Gasteiger partial charge in [-0.05, 0) is 24.7 Å². The van der Waals surface area contributed by atoms with Crippen LogP contribution in [0.1, 0.15) is 53.9 Å². The Kier molecular flexibility index (Phi) is 6.99. The summed E-state index contributed by atoms with van der Waals surface area (Å²) in [6, 6.07) is -0.283. The fourth-order valence-electron chi connectivity index (χ4n) is 3.13. The summed E-state index contributed by atoms with van der Waals surface area (Å²) in [4.78, 5) is 12.2. The summed E-state index contributed by atoms with van der Waals surface area (Å²) in [5, 5.41) is 3.14. The Balaban J connectivity index is 0.00000361. The summed E-state index contributed by atoms with van der Waals surface area (Å²) in [6.45, 7) is 10.3. The van der Waals surface area contributed by atoms with E-state index >= 15 is 0 Å². The third-order valence-corrected chi connectivity index (χ3v) is 4.92. The number of nitrogens with one attached hydrogen (secondary N) is 1. The van der Waals surface area contributed by atoms with Gasteiger partial charge < -0.3 is 15.8 Å². The van der Waals surface area contributed by atoms with Gasteiger partial charge in [0.25, 0.3) is 0 Å². The molecule has 1 aliphatic rings. The lowest BCUT2D eigenvalue weighted by Crippen LogP contribution is -2.66. The minimum absolute atomic E-state index is 0. The molecule has 1 aliphatic carbocycles. The summed E-state index contributed by atoms with van der Waals surface area (Å²) in [6.07, 6.45) is 3.16. The maximum Gasteiger partial charge on any atom is 0.237 e. The average molecular weight is 307 g/mol. The van der Waals surface area contributed by atoms with E-state index in [0.29, 0.717) is 0 Å². The predicted molar refractivity (Wildman–Crippen MR) is 85.0 cm³/mol. The Labute approximate surface area is 129 Å². The quantitative estimate of drug-likeness (QED) is 0.820. The zero-order valence-electron chi connectivity index (χ0n) is 13.7. The molecule has 0 bridgehead atoms. The first-order valence-corrected chi connectivity index (χ1v) is 7.31. The van der Waals surface area contributed by atoms with Gasteiger partial charge in [0.2, 0.25) is 5.91 Å². The van der Waals surface area contributed by atoms with Crippen molar-refractivity contribution in [3.05, 3.63) is 0 Å². The molecule has 2 unspecified atom stereocenters. The van der Waals surface area contributed by atoms with Gasteiger partial charge in [-0.3, -0.25) is 4.79 Å². The number of ether oxygens (including phenoxy) is 1. The van der Waals surface area contributed by atoms with E-state index in [1.807, 2.05) is 20.8 Å². The van der Waals surface area contributed by atoms with E-state index in [2.05, 4.69) is 19.2 Å². The number of methoxy groups -OCH3 is 1. The molecule has 120 valence electrons. The van der Waals surface area contributed by atoms with Crippen molar-refractivity contribution in [1.82, 2.24) is 5.32 Å². The second-order valence-electron chi connectivity index (χ2n) is 6.81. The zero-order valence-corrected chi connectivity index (χ0v) is 14.5. The Hall–Kier alpha value is -0.320. The molecule has 0 aromatic carbocycles. The van der Waals surface area contributed by atoms with Gasteiger partial charge in [-0.15, -0.1) is 12.4 Å². The molecule has 3 N–H and O–H groups in total. The Morgan fingerprint density at radius 3 is 2.25 bits per heavy atom. The van der Waals surface area contributed by atoms with Gasteiger partial charge in [-0.1, -0.05) is 34.6 Å². The molecular formula is C15H31ClN2O2. The molecular weight excluding hydrogens is 276 g/mol. The number of hydrogen-bond acceptors (Lipinski definition) is 3. The third-order valence-electron chi connectivity index (χ3n) is 4.92. The number of halogens is 1. The van der Waals surface area contributed by atoms with Crippen molar-refractivity contribution in [1.29, 1.82) is 0 Å². The molecule has 0 aromatic heterocycles. The Bertz CT molecular complexity index is 324. The molecule has 1 rings (SSSR count). The lowest BCUT2D eigenvalue weighted by Gasteiger charge is -2.55. The zero-order chi connectivity index (χ0) is 14.8. The molecule has 3 atom stereocenters. The van der Waals surface area contributed by atoms with Gasteiger partial charge >= 0.3 is 0 Å². The lowest BCUT2D eigenvalue weighted by molar-refractivity contribution is -0.143. The van der Waals surface area contributed by atoms with Crippen LogP contribution in [0.3, 0.4) is 0 Å². The van der Waals surface area contributed by atoms with Crippen LogP contribution in [-0.2, 0) is 9.53 Å². The predicted octanol–water partition coefficient (Wildman–Crippen LogP) is 2.49. The number of carbonyl (C=O) groups is 1. The maximum atomic E-state index is 12.2. The first kappa shape index (κ1) is 19.7. The first-order valence-electron chi connectivity index (χ1n) is 7.31. The van der Waals surface area contributed by atoms with Crippen molar-refractivity contribution in [3.63, 3.8) is 0 Å². The van der Waals surface area contributed by atoms with Crippen LogP contribution in [0.5, 0.6) is 0 Å². The highest BCUT2D eigenvalue weighted by atomic mass is 35.5. The van der Waals surface area contributed by atoms with E-state index in [-0.39, 0.29) is 41.3 Å². The van der Waals surface area contributed by atoms with Crippen LogP contribution >= 0.6 is 12.4 Å². The summed E-state index contributed by atoms with van der Waals surface area (Å²) in [5.74, 6) is -0.0432. The van der Waals surface area contributed by atoms with Crippen LogP contribution in [0, 0.1) is 10.8 Å². The normalized spacial score (nSPS) is 26.1. The van der Waals surface area contributed by atoms with E-state index in [0.717, 1.165) is 19.3 Å². The number of amides is 1. The van der Waals surface area contributed by atoms with Crippen molar-refractivity contribution in [2.45, 2.75) is 72.1 Å². The molecule has 0 saturated heterocycles. The summed E-state index contributed by atoms with van der Waals surface area (Å²) in [5.41, 5.74) is 5.88. The molecule has 4 nitrogen and oxygen atoms in total. The lowest BCUT2D eigenvalue weighted by atomic mass is 9.58. The maximum absolute atomic E-state index is 12.2. The van der Waals surface area contributed by atoms with E-state index in [1.54, 1.807) is 7.11 Å². The third kappa shape index (κ3) is 3.46. The molecule has 0 aliphatic heterocycles. The number of hydrogen-bond donors (Lipinski definition) is 2. The number of carbonyl (C=O) groups excluding carboxylic acids is 1. The van der Waals surface area contributed by atoms with E-state index < -0.39 is 6.04 Å². The second kappa shape index (κ2) is 7.10. The molecule has 1 amide bonds. The van der Waals surface area contributed by atoms with E-state index in [9.17, 15) is 4.79 Å². The van der Waals surface area contributed by atoms with E-state index in [1.165, 1.54) is 0 Å². The van der Waals surface area contributed by atoms with Crippen molar-refractivity contribution in [2.75, 3.05) is 7.11 Å². The van der Waals surface area contributed by atoms with Crippen molar-refractivity contribution in [3.8, 4) is 0 Å². The monoisotopic (exact) mass is 306 g/mol. The largest absolute Gasteiger partial charge is 0.381 e. The number of rotatable bonds is 5. The molecule has 0 spiro atoms. The van der Waals surface area contributed by atoms with Crippen molar-refractivity contribution in [2.24, 2.45) is 16.6 Å². The highest BCUT2D eigenvalue weighted by Gasteiger charge is 2.53. The Morgan fingerprint density at radius 2 is 1.90 bits per heavy atom. The topological polar surface area (TPSA) is 64.4 Å². The van der Waals surface area contributed by atoms with Gasteiger partial charge in [-0.25, -0.2) is 0 Å². The van der Waals surface area contributed by atoms with Gasteiger partial charge in [0.05, 0.1) is 12.1 Å². The van der Waals surface area contributed by atoms with Crippen molar-refractivity contribution < 1.29 is 9.53 Å². The molecule has 0 heterocycles. The SMILES string of the molecule is CCC1(CC)C(NC(=O)[C@@H](N)C(C)(C)C)CC1OC.Cl. The fourth-order valence-corrected chi connectivity index (χ4v) is 3.13. The van der Waals surface area contributed by atoms with Crippen LogP contribution in [0.25, 0.3) is 0 Å². The fraction of sp³-hybridized carbons (Fsp3) is 0.933. The van der Waals surface area contributed by atoms with E-state index in [4.69, 9.17) is 10.5 Å². The molecule has 1 saturated carbocycles. The van der Waals surface area contributed by atoms with Crippen LogP contribution in [0.2, 0.25) is 0 Å². The van der Waals surface area contributed by atoms with Crippen LogP contribution in [0.15, 0.2) is 0 Å². The summed E-state index contributed by atoms with van der Waals surface area (Å²) < 4.78 is 5.54. The number of nitrogens with two attached hydrogens (primary N) is 1. The molecule has 1 fully saturated rings. The van der Waals surface area contributed by atoms with Gasteiger partial charge in [-0.2, -0.15) is 0 Å². The second-order valence-corrected chi connectivity index (χ2v) is 6.81. The van der Waals surface area contributed by atoms with Crippen LogP contribution in [0.4, 0.5) is 0 Å². The minimum Gasteiger partial charge on any atom is -0.381 e. The van der Waals surface area contributed by atoms with Crippen molar-refractivity contribution >= 4 is 18.3 Å². The minimum atomic E-state index is -0.472.